The summed E-state index contributed by atoms with van der Waals surface area (Å²) >= 11 is 0. The minimum Gasteiger partial charge on any atom is -0.481 e. The van der Waals surface area contributed by atoms with Crippen LogP contribution in [0.25, 0.3) is 0 Å². The second-order valence-electron chi connectivity index (χ2n) is 4.19. The first kappa shape index (κ1) is 10.2. The van der Waals surface area contributed by atoms with Gasteiger partial charge in [-0.3, -0.25) is 4.79 Å². The fraction of sp³-hybridized carbons (Fsp3) is 0.462. The molecule has 80 valence electrons. The van der Waals surface area contributed by atoms with E-state index in [4.69, 9.17) is 5.11 Å². The third-order valence-corrected chi connectivity index (χ3v) is 3.08. The highest BCUT2D eigenvalue weighted by Gasteiger charge is 2.13. The van der Waals surface area contributed by atoms with Crippen molar-refractivity contribution in [2.24, 2.45) is 0 Å². The molecule has 15 heavy (non-hydrogen) atoms. The maximum Gasteiger partial charge on any atom is 0.307 e. The molecule has 2 rings (SSSR count). The van der Waals surface area contributed by atoms with Gasteiger partial charge in [-0.05, 0) is 42.4 Å². The topological polar surface area (TPSA) is 37.3 Å². The second-order valence-corrected chi connectivity index (χ2v) is 4.19. The average Bonchev–Trinajstić information content (AvgIpc) is 2.42. The van der Waals surface area contributed by atoms with Gasteiger partial charge in [-0.15, -0.1) is 0 Å². The summed E-state index contributed by atoms with van der Waals surface area (Å²) < 4.78 is 0. The number of rotatable bonds is 2. The summed E-state index contributed by atoms with van der Waals surface area (Å²) in [5, 5.41) is 8.84. The summed E-state index contributed by atoms with van der Waals surface area (Å²) in [4.78, 5) is 10.7. The van der Waals surface area contributed by atoms with Crippen molar-refractivity contribution in [1.29, 1.82) is 0 Å². The molecule has 0 radical (unpaired) electrons. The number of aryl methyl sites for hydroxylation is 1. The first-order chi connectivity index (χ1) is 7.27. The van der Waals surface area contributed by atoms with Crippen LogP contribution in [0.1, 0.15) is 36.0 Å². The van der Waals surface area contributed by atoms with E-state index in [1.807, 2.05) is 12.1 Å². The van der Waals surface area contributed by atoms with Crippen molar-refractivity contribution in [3.05, 3.63) is 34.9 Å². The van der Waals surface area contributed by atoms with Gasteiger partial charge >= 0.3 is 5.97 Å². The number of aliphatic carboxylic acids is 1. The molecule has 0 heterocycles. The molecule has 0 bridgehead atoms. The number of hydrogen-bond acceptors (Lipinski definition) is 1. The highest BCUT2D eigenvalue weighted by atomic mass is 16.4. The number of carboxylic acids is 1. The Labute approximate surface area is 89.9 Å². The minimum absolute atomic E-state index is 0.170. The Morgan fingerprint density at radius 1 is 1.20 bits per heavy atom. The van der Waals surface area contributed by atoms with Gasteiger partial charge in [0.25, 0.3) is 0 Å². The fourth-order valence-electron chi connectivity index (χ4n) is 2.37. The predicted octanol–water partition coefficient (Wildman–Crippen LogP) is 2.58. The molecule has 2 nitrogen and oxygen atoms in total. The van der Waals surface area contributed by atoms with Crippen LogP contribution < -0.4 is 0 Å². The third kappa shape index (κ3) is 2.38. The SMILES string of the molecule is O=C(O)Cc1cccc2c1CCCCC2. The quantitative estimate of drug-likeness (QED) is 0.752. The van der Waals surface area contributed by atoms with E-state index >= 15 is 0 Å². The highest BCUT2D eigenvalue weighted by Crippen LogP contribution is 2.24. The Hall–Kier alpha value is -1.31. The van der Waals surface area contributed by atoms with Crippen molar-refractivity contribution < 1.29 is 9.90 Å². The van der Waals surface area contributed by atoms with E-state index in [9.17, 15) is 4.79 Å². The number of hydrogen-bond donors (Lipinski definition) is 1. The van der Waals surface area contributed by atoms with E-state index < -0.39 is 5.97 Å². The number of carbonyl (C=O) groups is 1. The highest BCUT2D eigenvalue weighted by molar-refractivity contribution is 5.71. The van der Waals surface area contributed by atoms with Crippen molar-refractivity contribution >= 4 is 5.97 Å². The van der Waals surface area contributed by atoms with E-state index in [0.717, 1.165) is 18.4 Å². The minimum atomic E-state index is -0.729. The molecule has 1 N–H and O–H groups in total. The molecule has 1 aromatic rings. The van der Waals surface area contributed by atoms with Gasteiger partial charge < -0.3 is 5.11 Å². The third-order valence-electron chi connectivity index (χ3n) is 3.08. The van der Waals surface area contributed by atoms with E-state index in [2.05, 4.69) is 6.07 Å². The molecule has 0 atom stereocenters. The Kier molecular flexibility index (Phi) is 3.05. The lowest BCUT2D eigenvalue weighted by molar-refractivity contribution is -0.136. The summed E-state index contributed by atoms with van der Waals surface area (Å²) in [7, 11) is 0. The molecule has 0 saturated carbocycles. The zero-order chi connectivity index (χ0) is 10.7. The van der Waals surface area contributed by atoms with Crippen molar-refractivity contribution in [2.45, 2.75) is 38.5 Å². The maximum absolute atomic E-state index is 10.7. The van der Waals surface area contributed by atoms with Crippen molar-refractivity contribution in [3.63, 3.8) is 0 Å². The number of fused-ring (bicyclic) bond motifs is 1. The lowest BCUT2D eigenvalue weighted by Crippen LogP contribution is -2.05. The van der Waals surface area contributed by atoms with Crippen LogP contribution in [-0.4, -0.2) is 11.1 Å². The Bertz CT molecular complexity index is 369. The molecule has 2 heteroatoms. The van der Waals surface area contributed by atoms with E-state index in [0.29, 0.717) is 0 Å². The maximum atomic E-state index is 10.7. The Morgan fingerprint density at radius 3 is 2.80 bits per heavy atom. The standard InChI is InChI=1S/C13H16O2/c14-13(15)9-11-7-4-6-10-5-2-1-3-8-12(10)11/h4,6-7H,1-3,5,8-9H2,(H,14,15). The summed E-state index contributed by atoms with van der Waals surface area (Å²) in [6, 6.07) is 6.09. The van der Waals surface area contributed by atoms with Gasteiger partial charge in [0, 0.05) is 0 Å². The van der Waals surface area contributed by atoms with Crippen LogP contribution in [0.4, 0.5) is 0 Å². The van der Waals surface area contributed by atoms with Gasteiger partial charge in [-0.1, -0.05) is 24.6 Å². The van der Waals surface area contributed by atoms with E-state index in [1.165, 1.54) is 30.4 Å². The van der Waals surface area contributed by atoms with Crippen molar-refractivity contribution in [3.8, 4) is 0 Å². The normalized spacial score (nSPS) is 15.5. The van der Waals surface area contributed by atoms with Gasteiger partial charge in [0.1, 0.15) is 0 Å². The zero-order valence-electron chi connectivity index (χ0n) is 8.83. The van der Waals surface area contributed by atoms with Crippen LogP contribution >= 0.6 is 0 Å². The molecule has 1 aromatic carbocycles. The lowest BCUT2D eigenvalue weighted by Gasteiger charge is -2.10. The smallest absolute Gasteiger partial charge is 0.307 e. The van der Waals surface area contributed by atoms with Crippen LogP contribution in [0, 0.1) is 0 Å². The summed E-state index contributed by atoms with van der Waals surface area (Å²) in [6.07, 6.45) is 6.04. The van der Waals surface area contributed by atoms with Gasteiger partial charge in [-0.25, -0.2) is 0 Å². The van der Waals surface area contributed by atoms with Gasteiger partial charge in [0.2, 0.25) is 0 Å². The van der Waals surface area contributed by atoms with Crippen LogP contribution in [0.15, 0.2) is 18.2 Å². The molecule has 0 saturated heterocycles. The lowest BCUT2D eigenvalue weighted by atomic mass is 9.95. The first-order valence-corrected chi connectivity index (χ1v) is 5.59. The summed E-state index contributed by atoms with van der Waals surface area (Å²) in [5.74, 6) is -0.729. The summed E-state index contributed by atoms with van der Waals surface area (Å²) in [5.41, 5.74) is 3.69. The Balaban J connectivity index is 2.34. The monoisotopic (exact) mass is 204 g/mol. The molecule has 0 aliphatic heterocycles. The zero-order valence-corrected chi connectivity index (χ0v) is 8.83. The summed E-state index contributed by atoms with van der Waals surface area (Å²) in [6.45, 7) is 0. The molecular weight excluding hydrogens is 188 g/mol. The van der Waals surface area contributed by atoms with Crippen LogP contribution in [-0.2, 0) is 24.1 Å². The molecule has 0 spiro atoms. The molecule has 0 fully saturated rings. The van der Waals surface area contributed by atoms with Gasteiger partial charge in [-0.2, -0.15) is 0 Å². The number of benzene rings is 1. The Morgan fingerprint density at radius 2 is 2.00 bits per heavy atom. The molecule has 1 aliphatic rings. The van der Waals surface area contributed by atoms with E-state index in [-0.39, 0.29) is 6.42 Å². The number of carboxylic acid groups (broad SMARTS) is 1. The molecule has 1 aliphatic carbocycles. The van der Waals surface area contributed by atoms with Gasteiger partial charge in [0.05, 0.1) is 6.42 Å². The van der Waals surface area contributed by atoms with Crippen LogP contribution in [0.3, 0.4) is 0 Å². The average molecular weight is 204 g/mol. The van der Waals surface area contributed by atoms with Crippen molar-refractivity contribution in [2.75, 3.05) is 0 Å². The second kappa shape index (κ2) is 4.47. The van der Waals surface area contributed by atoms with Crippen molar-refractivity contribution in [1.82, 2.24) is 0 Å². The molecule has 0 unspecified atom stereocenters. The molecule has 0 aromatic heterocycles. The molecular formula is C13H16O2. The van der Waals surface area contributed by atoms with Crippen LogP contribution in [0.2, 0.25) is 0 Å². The van der Waals surface area contributed by atoms with Gasteiger partial charge in [0.15, 0.2) is 0 Å². The first-order valence-electron chi connectivity index (χ1n) is 5.59. The largest absolute Gasteiger partial charge is 0.481 e. The molecule has 0 amide bonds. The van der Waals surface area contributed by atoms with E-state index in [1.54, 1.807) is 0 Å². The fourth-order valence-corrected chi connectivity index (χ4v) is 2.37. The van der Waals surface area contributed by atoms with Crippen LogP contribution in [0.5, 0.6) is 0 Å². The predicted molar refractivity (Wildman–Crippen MR) is 59.0 cm³/mol.